The van der Waals surface area contributed by atoms with E-state index >= 15 is 0 Å². The van der Waals surface area contributed by atoms with Crippen molar-refractivity contribution in [3.05, 3.63) is 17.0 Å². The van der Waals surface area contributed by atoms with Gasteiger partial charge in [0.25, 0.3) is 0 Å². The van der Waals surface area contributed by atoms with Crippen LogP contribution < -0.4 is 5.73 Å². The lowest BCUT2D eigenvalue weighted by atomic mass is 10.2. The Morgan fingerprint density at radius 3 is 3.00 bits per heavy atom. The van der Waals surface area contributed by atoms with Crippen molar-refractivity contribution in [2.45, 2.75) is 25.8 Å². The molecular formula is C8H13N3. The van der Waals surface area contributed by atoms with E-state index in [9.17, 15) is 0 Å². The van der Waals surface area contributed by atoms with Gasteiger partial charge in [-0.1, -0.05) is 0 Å². The lowest BCUT2D eigenvalue weighted by Crippen LogP contribution is -2.07. The zero-order valence-corrected chi connectivity index (χ0v) is 6.96. The molecule has 2 N–H and O–H groups in total. The molecule has 11 heavy (non-hydrogen) atoms. The topological polar surface area (TPSA) is 43.8 Å². The molecule has 1 aliphatic carbocycles. The summed E-state index contributed by atoms with van der Waals surface area (Å²) < 4.78 is 1.92. The van der Waals surface area contributed by atoms with Crippen LogP contribution >= 0.6 is 0 Å². The monoisotopic (exact) mass is 151 g/mol. The molecule has 0 saturated carbocycles. The third-order valence-electron chi connectivity index (χ3n) is 2.55. The van der Waals surface area contributed by atoms with Crippen LogP contribution in [-0.4, -0.2) is 9.78 Å². The van der Waals surface area contributed by atoms with E-state index in [0.29, 0.717) is 0 Å². The van der Waals surface area contributed by atoms with Gasteiger partial charge in [-0.25, -0.2) is 0 Å². The van der Waals surface area contributed by atoms with Gasteiger partial charge in [-0.3, -0.25) is 4.68 Å². The lowest BCUT2D eigenvalue weighted by Gasteiger charge is -1.98. The van der Waals surface area contributed by atoms with Gasteiger partial charge >= 0.3 is 0 Å². The van der Waals surface area contributed by atoms with Crippen molar-refractivity contribution in [3.63, 3.8) is 0 Å². The van der Waals surface area contributed by atoms with E-state index in [1.807, 2.05) is 11.7 Å². The van der Waals surface area contributed by atoms with Gasteiger partial charge in [0, 0.05) is 18.8 Å². The van der Waals surface area contributed by atoms with Crippen LogP contribution in [0.2, 0.25) is 0 Å². The van der Waals surface area contributed by atoms with Crippen molar-refractivity contribution >= 4 is 0 Å². The fourth-order valence-corrected chi connectivity index (χ4v) is 1.72. The smallest absolute Gasteiger partial charge is 0.0826 e. The van der Waals surface area contributed by atoms with Gasteiger partial charge in [0.15, 0.2) is 0 Å². The van der Waals surface area contributed by atoms with Crippen molar-refractivity contribution in [1.29, 1.82) is 0 Å². The summed E-state index contributed by atoms with van der Waals surface area (Å²) in [6.45, 7) is 2.10. The first-order chi connectivity index (χ1) is 5.20. The molecule has 0 spiro atoms. The number of nitrogens with zero attached hydrogens (tertiary/aromatic N) is 2. The van der Waals surface area contributed by atoms with Crippen LogP contribution in [0.1, 0.15) is 29.4 Å². The zero-order valence-electron chi connectivity index (χ0n) is 6.96. The average molecular weight is 151 g/mol. The highest BCUT2D eigenvalue weighted by Gasteiger charge is 2.24. The third-order valence-corrected chi connectivity index (χ3v) is 2.55. The van der Waals surface area contributed by atoms with Crippen LogP contribution in [0.15, 0.2) is 0 Å². The molecule has 1 aromatic rings. The maximum atomic E-state index is 5.85. The Morgan fingerprint density at radius 2 is 2.36 bits per heavy atom. The molecule has 0 fully saturated rings. The van der Waals surface area contributed by atoms with Gasteiger partial charge in [-0.2, -0.15) is 5.10 Å². The Labute approximate surface area is 66.2 Å². The first kappa shape index (κ1) is 6.85. The zero-order chi connectivity index (χ0) is 8.01. The van der Waals surface area contributed by atoms with Gasteiger partial charge in [-0.15, -0.1) is 0 Å². The van der Waals surface area contributed by atoms with E-state index in [2.05, 4.69) is 12.0 Å². The summed E-state index contributed by atoms with van der Waals surface area (Å²) in [5.74, 6) is 0. The molecule has 2 rings (SSSR count). The highest BCUT2D eigenvalue weighted by atomic mass is 15.3. The molecule has 0 bridgehead atoms. The largest absolute Gasteiger partial charge is 0.323 e. The number of fused-ring (bicyclic) bond motifs is 1. The quantitative estimate of drug-likeness (QED) is 0.592. The standard InChI is InChI=1S/C8H13N3/c1-5-6-3-4-7(9)8(6)10-11(5)2/h7H,3-4,9H2,1-2H3/t7-/m0/s1. The van der Waals surface area contributed by atoms with Gasteiger partial charge < -0.3 is 5.73 Å². The van der Waals surface area contributed by atoms with Crippen molar-refractivity contribution in [1.82, 2.24) is 9.78 Å². The fourth-order valence-electron chi connectivity index (χ4n) is 1.72. The van der Waals surface area contributed by atoms with Gasteiger partial charge in [0.05, 0.1) is 5.69 Å². The second kappa shape index (κ2) is 2.08. The van der Waals surface area contributed by atoms with E-state index < -0.39 is 0 Å². The van der Waals surface area contributed by atoms with Crippen molar-refractivity contribution in [2.75, 3.05) is 0 Å². The minimum absolute atomic E-state index is 0.185. The molecule has 3 nitrogen and oxygen atoms in total. The Hall–Kier alpha value is -0.830. The van der Waals surface area contributed by atoms with Crippen LogP contribution in [0.4, 0.5) is 0 Å². The molecule has 0 saturated heterocycles. The highest BCUT2D eigenvalue weighted by molar-refractivity contribution is 5.32. The van der Waals surface area contributed by atoms with E-state index in [4.69, 9.17) is 5.73 Å². The van der Waals surface area contributed by atoms with Gasteiger partial charge in [0.1, 0.15) is 0 Å². The first-order valence-corrected chi connectivity index (χ1v) is 3.98. The summed E-state index contributed by atoms with van der Waals surface area (Å²) in [5, 5.41) is 4.36. The van der Waals surface area contributed by atoms with Crippen molar-refractivity contribution < 1.29 is 0 Å². The van der Waals surface area contributed by atoms with E-state index in [-0.39, 0.29) is 6.04 Å². The minimum atomic E-state index is 0.185. The normalized spacial score (nSPS) is 22.3. The SMILES string of the molecule is Cc1c2c(nn1C)[C@@H](N)CC2. The molecule has 3 heteroatoms. The maximum Gasteiger partial charge on any atom is 0.0826 e. The van der Waals surface area contributed by atoms with E-state index in [1.54, 1.807) is 0 Å². The maximum absolute atomic E-state index is 5.85. The number of aryl methyl sites for hydroxylation is 1. The molecule has 1 aromatic heterocycles. The van der Waals surface area contributed by atoms with Gasteiger partial charge in [-0.05, 0) is 25.3 Å². The summed E-state index contributed by atoms with van der Waals surface area (Å²) in [4.78, 5) is 0. The second-order valence-corrected chi connectivity index (χ2v) is 3.22. The van der Waals surface area contributed by atoms with E-state index in [1.165, 1.54) is 11.3 Å². The summed E-state index contributed by atoms with van der Waals surface area (Å²) >= 11 is 0. The summed E-state index contributed by atoms with van der Waals surface area (Å²) in [5.41, 5.74) is 9.61. The Balaban J connectivity index is 2.57. The highest BCUT2D eigenvalue weighted by Crippen LogP contribution is 2.29. The van der Waals surface area contributed by atoms with Crippen molar-refractivity contribution in [3.8, 4) is 0 Å². The summed E-state index contributed by atoms with van der Waals surface area (Å²) in [6, 6.07) is 0.185. The van der Waals surface area contributed by atoms with Crippen LogP contribution in [0.5, 0.6) is 0 Å². The molecule has 1 atom stereocenters. The van der Waals surface area contributed by atoms with Crippen LogP contribution in [0, 0.1) is 6.92 Å². The molecule has 1 heterocycles. The summed E-state index contributed by atoms with van der Waals surface area (Å²) in [6.07, 6.45) is 2.18. The molecule has 0 unspecified atom stereocenters. The number of hydrogen-bond donors (Lipinski definition) is 1. The molecule has 0 aromatic carbocycles. The molecule has 0 radical (unpaired) electrons. The van der Waals surface area contributed by atoms with Crippen LogP contribution in [0.3, 0.4) is 0 Å². The Bertz CT molecular complexity index is 288. The number of aromatic nitrogens is 2. The molecular weight excluding hydrogens is 138 g/mol. The average Bonchev–Trinajstić information content (AvgIpc) is 2.43. The number of nitrogens with two attached hydrogens (primary N) is 1. The molecule has 0 amide bonds. The third kappa shape index (κ3) is 0.807. The number of hydrogen-bond acceptors (Lipinski definition) is 2. The Kier molecular flexibility index (Phi) is 1.29. The predicted octanol–water partition coefficient (Wildman–Crippen LogP) is 0.675. The predicted molar refractivity (Wildman–Crippen MR) is 43.2 cm³/mol. The van der Waals surface area contributed by atoms with Gasteiger partial charge in [0.2, 0.25) is 0 Å². The fraction of sp³-hybridized carbons (Fsp3) is 0.625. The molecule has 1 aliphatic rings. The van der Waals surface area contributed by atoms with Crippen molar-refractivity contribution in [2.24, 2.45) is 12.8 Å². The second-order valence-electron chi connectivity index (χ2n) is 3.22. The molecule has 0 aliphatic heterocycles. The van der Waals surface area contributed by atoms with Crippen LogP contribution in [-0.2, 0) is 13.5 Å². The van der Waals surface area contributed by atoms with Crippen LogP contribution in [0.25, 0.3) is 0 Å². The number of rotatable bonds is 0. The first-order valence-electron chi connectivity index (χ1n) is 3.98. The summed E-state index contributed by atoms with van der Waals surface area (Å²) in [7, 11) is 1.97. The van der Waals surface area contributed by atoms with E-state index in [0.717, 1.165) is 18.5 Å². The minimum Gasteiger partial charge on any atom is -0.323 e. The lowest BCUT2D eigenvalue weighted by molar-refractivity contribution is 0.638. The molecule has 60 valence electrons. The Morgan fingerprint density at radius 1 is 1.64 bits per heavy atom.